The molecule has 6 heteroatoms. The lowest BCUT2D eigenvalue weighted by Crippen LogP contribution is -2.40. The number of ether oxygens (including phenoxy) is 2. The van der Waals surface area contributed by atoms with Crippen molar-refractivity contribution in [3.63, 3.8) is 0 Å². The van der Waals surface area contributed by atoms with Crippen LogP contribution < -0.4 is 5.32 Å². The molecule has 0 aliphatic carbocycles. The predicted octanol–water partition coefficient (Wildman–Crippen LogP) is -0.429. The van der Waals surface area contributed by atoms with Crippen molar-refractivity contribution in [3.05, 3.63) is 29.6 Å². The Hall–Kier alpha value is -1.94. The Labute approximate surface area is 117 Å². The van der Waals surface area contributed by atoms with Crippen molar-refractivity contribution in [1.29, 1.82) is 0 Å². The molecule has 2 N–H and O–H groups in total. The van der Waals surface area contributed by atoms with Crippen molar-refractivity contribution >= 4 is 5.91 Å². The van der Waals surface area contributed by atoms with Crippen LogP contribution in [0.2, 0.25) is 0 Å². The fourth-order valence-corrected chi connectivity index (χ4v) is 1.77. The molecule has 1 saturated heterocycles. The fourth-order valence-electron chi connectivity index (χ4n) is 1.77. The smallest absolute Gasteiger partial charge is 0.271 e. The monoisotopic (exact) mass is 276 g/mol. The van der Waals surface area contributed by atoms with E-state index >= 15 is 0 Å². The summed E-state index contributed by atoms with van der Waals surface area (Å²) in [5.41, 5.74) is 0.727. The summed E-state index contributed by atoms with van der Waals surface area (Å²) in [7, 11) is 0. The Kier molecular flexibility index (Phi) is 5.50. The van der Waals surface area contributed by atoms with Gasteiger partial charge in [-0.1, -0.05) is 11.8 Å². The van der Waals surface area contributed by atoms with E-state index in [1.165, 1.54) is 6.20 Å². The summed E-state index contributed by atoms with van der Waals surface area (Å²) in [5.74, 6) is 4.89. The Morgan fingerprint density at radius 2 is 2.45 bits per heavy atom. The van der Waals surface area contributed by atoms with Crippen molar-refractivity contribution in [3.8, 4) is 11.8 Å². The Balaban J connectivity index is 1.97. The third kappa shape index (κ3) is 4.03. The molecule has 0 saturated carbocycles. The number of amides is 1. The Bertz CT molecular complexity index is 515. The second kappa shape index (κ2) is 7.60. The van der Waals surface area contributed by atoms with Crippen molar-refractivity contribution in [1.82, 2.24) is 10.3 Å². The van der Waals surface area contributed by atoms with Crippen LogP contribution in [0.5, 0.6) is 0 Å². The zero-order chi connectivity index (χ0) is 14.2. The van der Waals surface area contributed by atoms with Gasteiger partial charge in [-0.25, -0.2) is 4.98 Å². The molecule has 106 valence electrons. The molecule has 1 fully saturated rings. The molecule has 0 aromatic carbocycles. The second-order valence-electron chi connectivity index (χ2n) is 4.14. The average Bonchev–Trinajstić information content (AvgIpc) is 2.52. The zero-order valence-corrected chi connectivity index (χ0v) is 11.0. The van der Waals surface area contributed by atoms with Gasteiger partial charge in [-0.2, -0.15) is 0 Å². The van der Waals surface area contributed by atoms with Crippen molar-refractivity contribution in [2.24, 2.45) is 0 Å². The molecule has 1 aliphatic heterocycles. The molecular weight excluding hydrogens is 260 g/mol. The van der Waals surface area contributed by atoms with Crippen molar-refractivity contribution in [2.75, 3.05) is 33.0 Å². The first-order valence-electron chi connectivity index (χ1n) is 6.33. The summed E-state index contributed by atoms with van der Waals surface area (Å²) < 4.78 is 10.7. The lowest BCUT2D eigenvalue weighted by Gasteiger charge is -2.23. The van der Waals surface area contributed by atoms with Crippen LogP contribution in [-0.4, -0.2) is 55.1 Å². The normalized spacial score (nSPS) is 17.9. The van der Waals surface area contributed by atoms with Crippen LogP contribution in [0, 0.1) is 11.8 Å². The summed E-state index contributed by atoms with van der Waals surface area (Å²) in [6, 6.07) is 3.38. The van der Waals surface area contributed by atoms with E-state index in [2.05, 4.69) is 22.1 Å². The van der Waals surface area contributed by atoms with Gasteiger partial charge in [0.2, 0.25) is 0 Å². The standard InChI is InChI=1S/C14H16N2O4/c17-6-2-4-11-3-1-5-15-13(11)14(18)16-9-12-10-19-7-8-20-12/h1,3,5,12,17H,6-10H2,(H,16,18). The fraction of sp³-hybridized carbons (Fsp3) is 0.429. The number of carbonyl (C=O) groups is 1. The van der Waals surface area contributed by atoms with Crippen LogP contribution in [0.15, 0.2) is 18.3 Å². The van der Waals surface area contributed by atoms with E-state index in [0.29, 0.717) is 31.9 Å². The summed E-state index contributed by atoms with van der Waals surface area (Å²) in [6.45, 7) is 1.70. The van der Waals surface area contributed by atoms with Crippen LogP contribution in [0.3, 0.4) is 0 Å². The minimum Gasteiger partial charge on any atom is -0.384 e. The van der Waals surface area contributed by atoms with Gasteiger partial charge in [-0.05, 0) is 12.1 Å². The summed E-state index contributed by atoms with van der Waals surface area (Å²) >= 11 is 0. The van der Waals surface area contributed by atoms with E-state index in [4.69, 9.17) is 14.6 Å². The number of aliphatic hydroxyl groups excluding tert-OH is 1. The summed E-state index contributed by atoms with van der Waals surface area (Å²) in [4.78, 5) is 16.1. The average molecular weight is 276 g/mol. The van der Waals surface area contributed by atoms with Gasteiger partial charge >= 0.3 is 0 Å². The zero-order valence-electron chi connectivity index (χ0n) is 11.0. The van der Waals surface area contributed by atoms with Gasteiger partial charge in [0, 0.05) is 12.7 Å². The minimum atomic E-state index is -0.318. The number of carbonyl (C=O) groups excluding carboxylic acids is 1. The number of aromatic nitrogens is 1. The van der Waals surface area contributed by atoms with E-state index < -0.39 is 0 Å². The van der Waals surface area contributed by atoms with Gasteiger partial charge < -0.3 is 19.9 Å². The van der Waals surface area contributed by atoms with Crippen LogP contribution in [-0.2, 0) is 9.47 Å². The molecule has 1 aromatic heterocycles. The van der Waals surface area contributed by atoms with Gasteiger partial charge in [0.05, 0.1) is 31.5 Å². The number of hydrogen-bond donors (Lipinski definition) is 2. The van der Waals surface area contributed by atoms with Gasteiger partial charge in [-0.15, -0.1) is 0 Å². The third-order valence-corrected chi connectivity index (χ3v) is 2.70. The molecule has 1 atom stereocenters. The van der Waals surface area contributed by atoms with Crippen LogP contribution >= 0.6 is 0 Å². The number of nitrogens with zero attached hydrogens (tertiary/aromatic N) is 1. The van der Waals surface area contributed by atoms with Gasteiger partial charge in [-0.3, -0.25) is 4.79 Å². The van der Waals surface area contributed by atoms with E-state index in [-0.39, 0.29) is 24.3 Å². The van der Waals surface area contributed by atoms with Crippen LogP contribution in [0.1, 0.15) is 16.1 Å². The third-order valence-electron chi connectivity index (χ3n) is 2.70. The molecule has 2 heterocycles. The topological polar surface area (TPSA) is 80.7 Å². The maximum absolute atomic E-state index is 12.1. The van der Waals surface area contributed by atoms with Crippen molar-refractivity contribution in [2.45, 2.75) is 6.10 Å². The van der Waals surface area contributed by atoms with Crippen LogP contribution in [0.25, 0.3) is 0 Å². The van der Waals surface area contributed by atoms with Gasteiger partial charge in [0.25, 0.3) is 5.91 Å². The lowest BCUT2D eigenvalue weighted by atomic mass is 10.2. The Morgan fingerprint density at radius 1 is 1.55 bits per heavy atom. The highest BCUT2D eigenvalue weighted by atomic mass is 16.6. The van der Waals surface area contributed by atoms with E-state index in [0.717, 1.165) is 0 Å². The first-order valence-corrected chi connectivity index (χ1v) is 6.33. The number of aliphatic hydroxyl groups is 1. The van der Waals surface area contributed by atoms with Crippen LogP contribution in [0.4, 0.5) is 0 Å². The molecule has 2 rings (SSSR count). The maximum atomic E-state index is 12.1. The molecular formula is C14H16N2O4. The highest BCUT2D eigenvalue weighted by Gasteiger charge is 2.17. The molecule has 0 radical (unpaired) electrons. The lowest BCUT2D eigenvalue weighted by molar-refractivity contribution is -0.0855. The van der Waals surface area contributed by atoms with Gasteiger partial charge in [0.1, 0.15) is 12.3 Å². The molecule has 1 aliphatic rings. The molecule has 0 bridgehead atoms. The number of rotatable bonds is 3. The molecule has 1 unspecified atom stereocenters. The number of pyridine rings is 1. The molecule has 6 nitrogen and oxygen atoms in total. The molecule has 20 heavy (non-hydrogen) atoms. The van der Waals surface area contributed by atoms with E-state index in [1.54, 1.807) is 12.1 Å². The first-order chi connectivity index (χ1) is 9.81. The highest BCUT2D eigenvalue weighted by molar-refractivity contribution is 5.94. The SMILES string of the molecule is O=C(NCC1COCCO1)c1ncccc1C#CCO. The summed E-state index contributed by atoms with van der Waals surface area (Å²) in [6.07, 6.45) is 1.39. The highest BCUT2D eigenvalue weighted by Crippen LogP contribution is 2.04. The maximum Gasteiger partial charge on any atom is 0.271 e. The molecule has 1 aromatic rings. The largest absolute Gasteiger partial charge is 0.384 e. The van der Waals surface area contributed by atoms with E-state index in [1.807, 2.05) is 0 Å². The minimum absolute atomic E-state index is 0.136. The van der Waals surface area contributed by atoms with Gasteiger partial charge in [0.15, 0.2) is 0 Å². The quantitative estimate of drug-likeness (QED) is 0.732. The molecule has 1 amide bonds. The second-order valence-corrected chi connectivity index (χ2v) is 4.14. The predicted molar refractivity (Wildman–Crippen MR) is 71.1 cm³/mol. The van der Waals surface area contributed by atoms with E-state index in [9.17, 15) is 4.79 Å². The summed E-state index contributed by atoms with van der Waals surface area (Å²) in [5, 5.41) is 11.5. The number of hydrogen-bond acceptors (Lipinski definition) is 5. The first kappa shape index (κ1) is 14.5. The Morgan fingerprint density at radius 3 is 3.20 bits per heavy atom. The molecule has 0 spiro atoms. The number of nitrogens with one attached hydrogen (secondary N) is 1. The van der Waals surface area contributed by atoms with Crippen molar-refractivity contribution < 1.29 is 19.4 Å².